The SMILES string of the molecule is CC(C)(C)OC(=O)N1CC=C[C@H]1C(=O)NOC1CCCCO1. The third-order valence-corrected chi connectivity index (χ3v) is 3.28. The van der Waals surface area contributed by atoms with Crippen LogP contribution in [0.25, 0.3) is 0 Å². The highest BCUT2D eigenvalue weighted by Gasteiger charge is 2.34. The van der Waals surface area contributed by atoms with Gasteiger partial charge in [0.2, 0.25) is 0 Å². The lowest BCUT2D eigenvalue weighted by atomic mass is 10.2. The van der Waals surface area contributed by atoms with E-state index < -0.39 is 29.9 Å². The average Bonchev–Trinajstić information content (AvgIpc) is 2.93. The summed E-state index contributed by atoms with van der Waals surface area (Å²) < 4.78 is 10.7. The Morgan fingerprint density at radius 2 is 2.09 bits per heavy atom. The summed E-state index contributed by atoms with van der Waals surface area (Å²) in [5.74, 6) is -0.409. The molecule has 2 atom stereocenters. The van der Waals surface area contributed by atoms with Crippen LogP contribution in [0.3, 0.4) is 0 Å². The predicted octanol–water partition coefficient (Wildman–Crippen LogP) is 1.74. The lowest BCUT2D eigenvalue weighted by Gasteiger charge is -2.28. The Labute approximate surface area is 130 Å². The quantitative estimate of drug-likeness (QED) is 0.634. The molecule has 0 aromatic heterocycles. The summed E-state index contributed by atoms with van der Waals surface area (Å²) in [5.41, 5.74) is 1.77. The molecule has 2 amide bonds. The molecule has 0 aromatic carbocycles. The molecule has 0 spiro atoms. The number of nitrogens with zero attached hydrogens (tertiary/aromatic N) is 1. The van der Waals surface area contributed by atoms with E-state index in [2.05, 4.69) is 5.48 Å². The maximum atomic E-state index is 12.2. The van der Waals surface area contributed by atoms with E-state index in [1.165, 1.54) is 4.90 Å². The molecule has 2 aliphatic rings. The molecular formula is C15H24N2O5. The molecule has 22 heavy (non-hydrogen) atoms. The number of carbonyl (C=O) groups is 2. The van der Waals surface area contributed by atoms with E-state index >= 15 is 0 Å². The smallest absolute Gasteiger partial charge is 0.411 e. The van der Waals surface area contributed by atoms with Crippen LogP contribution < -0.4 is 5.48 Å². The molecule has 1 unspecified atom stereocenters. The fraction of sp³-hybridized carbons (Fsp3) is 0.733. The first-order chi connectivity index (χ1) is 10.4. The minimum absolute atomic E-state index is 0.340. The first-order valence-electron chi connectivity index (χ1n) is 7.60. The van der Waals surface area contributed by atoms with Gasteiger partial charge >= 0.3 is 6.09 Å². The molecule has 0 radical (unpaired) electrons. The molecule has 0 aliphatic carbocycles. The molecule has 7 nitrogen and oxygen atoms in total. The van der Waals surface area contributed by atoms with Gasteiger partial charge in [-0.25, -0.2) is 15.1 Å². The van der Waals surface area contributed by atoms with Crippen LogP contribution >= 0.6 is 0 Å². The zero-order valence-corrected chi connectivity index (χ0v) is 13.3. The highest BCUT2D eigenvalue weighted by Crippen LogP contribution is 2.17. The topological polar surface area (TPSA) is 77.1 Å². The number of amides is 2. The van der Waals surface area contributed by atoms with Crippen molar-refractivity contribution >= 4 is 12.0 Å². The van der Waals surface area contributed by atoms with Crippen molar-refractivity contribution in [3.63, 3.8) is 0 Å². The van der Waals surface area contributed by atoms with Crippen LogP contribution in [0.5, 0.6) is 0 Å². The molecule has 7 heteroatoms. The number of nitrogens with one attached hydrogen (secondary N) is 1. The number of rotatable bonds is 3. The Bertz CT molecular complexity index is 438. The molecule has 0 aromatic rings. The van der Waals surface area contributed by atoms with Gasteiger partial charge < -0.3 is 9.47 Å². The van der Waals surface area contributed by atoms with Crippen LogP contribution in [0.15, 0.2) is 12.2 Å². The van der Waals surface area contributed by atoms with Crippen molar-refractivity contribution in [1.29, 1.82) is 0 Å². The summed E-state index contributed by atoms with van der Waals surface area (Å²) in [4.78, 5) is 30.9. The van der Waals surface area contributed by atoms with Gasteiger partial charge in [-0.3, -0.25) is 9.69 Å². The molecule has 2 rings (SSSR count). The Morgan fingerprint density at radius 3 is 2.73 bits per heavy atom. The lowest BCUT2D eigenvalue weighted by Crippen LogP contribution is -2.48. The van der Waals surface area contributed by atoms with E-state index in [0.717, 1.165) is 19.3 Å². The minimum Gasteiger partial charge on any atom is -0.444 e. The molecule has 124 valence electrons. The molecular weight excluding hydrogens is 288 g/mol. The maximum absolute atomic E-state index is 12.2. The van der Waals surface area contributed by atoms with Crippen LogP contribution in [0.1, 0.15) is 40.0 Å². The van der Waals surface area contributed by atoms with Gasteiger partial charge in [0.15, 0.2) is 6.29 Å². The molecule has 0 saturated carbocycles. The third-order valence-electron chi connectivity index (χ3n) is 3.28. The first kappa shape index (κ1) is 16.8. The zero-order valence-electron chi connectivity index (χ0n) is 13.3. The van der Waals surface area contributed by atoms with Crippen molar-refractivity contribution in [3.8, 4) is 0 Å². The number of carbonyl (C=O) groups excluding carboxylic acids is 2. The van der Waals surface area contributed by atoms with Crippen molar-refractivity contribution in [1.82, 2.24) is 10.4 Å². The Hall–Kier alpha value is -1.60. The third kappa shape index (κ3) is 4.71. The first-order valence-corrected chi connectivity index (χ1v) is 7.60. The second kappa shape index (κ2) is 7.11. The highest BCUT2D eigenvalue weighted by molar-refractivity contribution is 5.87. The number of ether oxygens (including phenoxy) is 2. The summed E-state index contributed by atoms with van der Waals surface area (Å²) in [5, 5.41) is 0. The van der Waals surface area contributed by atoms with Gasteiger partial charge in [-0.05, 0) is 33.6 Å². The van der Waals surface area contributed by atoms with E-state index in [1.807, 2.05) is 0 Å². The molecule has 1 saturated heterocycles. The van der Waals surface area contributed by atoms with Crippen LogP contribution in [0.2, 0.25) is 0 Å². The largest absolute Gasteiger partial charge is 0.444 e. The zero-order chi connectivity index (χ0) is 16.2. The molecule has 2 aliphatic heterocycles. The second-order valence-electron chi connectivity index (χ2n) is 6.39. The van der Waals surface area contributed by atoms with Crippen LogP contribution in [-0.2, 0) is 19.1 Å². The van der Waals surface area contributed by atoms with Gasteiger partial charge in [0.25, 0.3) is 5.91 Å². The van der Waals surface area contributed by atoms with Crippen LogP contribution in [0, 0.1) is 0 Å². The van der Waals surface area contributed by atoms with Crippen molar-refractivity contribution in [2.45, 2.75) is 58.0 Å². The Balaban J connectivity index is 1.84. The molecule has 1 fully saturated rings. The van der Waals surface area contributed by atoms with Crippen molar-refractivity contribution < 1.29 is 23.9 Å². The highest BCUT2D eigenvalue weighted by atomic mass is 16.8. The summed E-state index contributed by atoms with van der Waals surface area (Å²) >= 11 is 0. The number of hydroxylamine groups is 1. The summed E-state index contributed by atoms with van der Waals surface area (Å²) in [6, 6.07) is -0.724. The maximum Gasteiger partial charge on any atom is 0.411 e. The fourth-order valence-electron chi connectivity index (χ4n) is 2.25. The van der Waals surface area contributed by atoms with Gasteiger partial charge in [0.1, 0.15) is 11.6 Å². The number of hydrogen-bond acceptors (Lipinski definition) is 5. The van der Waals surface area contributed by atoms with Crippen molar-refractivity contribution in [3.05, 3.63) is 12.2 Å². The van der Waals surface area contributed by atoms with Gasteiger partial charge in [0, 0.05) is 19.6 Å². The monoisotopic (exact) mass is 312 g/mol. The fourth-order valence-corrected chi connectivity index (χ4v) is 2.25. The Morgan fingerprint density at radius 1 is 1.32 bits per heavy atom. The molecule has 2 heterocycles. The van der Waals surface area contributed by atoms with E-state index in [0.29, 0.717) is 13.2 Å². The van der Waals surface area contributed by atoms with E-state index in [-0.39, 0.29) is 0 Å². The normalized spacial score (nSPS) is 25.1. The van der Waals surface area contributed by atoms with Crippen molar-refractivity contribution in [2.75, 3.05) is 13.2 Å². The second-order valence-corrected chi connectivity index (χ2v) is 6.39. The minimum atomic E-state index is -0.724. The van der Waals surface area contributed by atoms with E-state index in [1.54, 1.807) is 32.9 Å². The summed E-state index contributed by atoms with van der Waals surface area (Å²) in [6.07, 6.45) is 5.23. The van der Waals surface area contributed by atoms with Crippen molar-refractivity contribution in [2.24, 2.45) is 0 Å². The van der Waals surface area contributed by atoms with Gasteiger partial charge in [-0.15, -0.1) is 0 Å². The van der Waals surface area contributed by atoms with Gasteiger partial charge in [-0.2, -0.15) is 0 Å². The summed E-state index contributed by atoms with van der Waals surface area (Å²) in [6.45, 7) is 6.33. The van der Waals surface area contributed by atoms with Gasteiger partial charge in [0.05, 0.1) is 0 Å². The predicted molar refractivity (Wildman–Crippen MR) is 78.7 cm³/mol. The Kier molecular flexibility index (Phi) is 5.42. The number of hydrogen-bond donors (Lipinski definition) is 1. The molecule has 0 bridgehead atoms. The van der Waals surface area contributed by atoms with E-state index in [9.17, 15) is 9.59 Å². The standard InChI is InChI=1S/C15H24N2O5/c1-15(2,3)21-14(19)17-9-6-7-11(17)13(18)16-22-12-8-4-5-10-20-12/h6-7,11-12H,4-5,8-10H2,1-3H3,(H,16,18)/t11-,12?/m0/s1. The summed E-state index contributed by atoms with van der Waals surface area (Å²) in [7, 11) is 0. The van der Waals surface area contributed by atoms with Crippen LogP contribution in [-0.4, -0.2) is 48.0 Å². The van der Waals surface area contributed by atoms with Gasteiger partial charge in [-0.1, -0.05) is 12.2 Å². The van der Waals surface area contributed by atoms with E-state index in [4.69, 9.17) is 14.3 Å². The van der Waals surface area contributed by atoms with Crippen LogP contribution in [0.4, 0.5) is 4.79 Å². The lowest BCUT2D eigenvalue weighted by molar-refractivity contribution is -0.201. The molecule has 1 N–H and O–H groups in total. The average molecular weight is 312 g/mol.